The number of thioether (sulfide) groups is 1. The van der Waals surface area contributed by atoms with Crippen LogP contribution in [0.5, 0.6) is 0 Å². The summed E-state index contributed by atoms with van der Waals surface area (Å²) >= 11 is 1.77. The summed E-state index contributed by atoms with van der Waals surface area (Å²) < 4.78 is 0. The Balaban J connectivity index is 2.92. The summed E-state index contributed by atoms with van der Waals surface area (Å²) in [5.74, 6) is 1.02. The molecule has 0 aliphatic heterocycles. The first-order chi connectivity index (χ1) is 3.81. The van der Waals surface area contributed by atoms with Gasteiger partial charge in [0.1, 0.15) is 0 Å². The van der Waals surface area contributed by atoms with Crippen LogP contribution in [0.25, 0.3) is 0 Å². The quantitative estimate of drug-likeness (QED) is 0.570. The van der Waals surface area contributed by atoms with Crippen molar-refractivity contribution in [2.24, 2.45) is 11.5 Å². The summed E-state index contributed by atoms with van der Waals surface area (Å²) in [5, 5.41) is 0. The van der Waals surface area contributed by atoms with Crippen LogP contribution in [0, 0.1) is 0 Å². The highest BCUT2D eigenvalue weighted by Crippen LogP contribution is 1.96. The van der Waals surface area contributed by atoms with Crippen LogP contribution in [0.4, 0.5) is 0 Å². The minimum Gasteiger partial charge on any atom is -0.330 e. The first-order valence-electron chi connectivity index (χ1n) is 2.76. The number of hydrogen-bond acceptors (Lipinski definition) is 3. The average Bonchev–Trinajstić information content (AvgIpc) is 1.68. The van der Waals surface area contributed by atoms with Crippen molar-refractivity contribution in [3.63, 3.8) is 0 Å². The van der Waals surface area contributed by atoms with Gasteiger partial charge in [-0.1, -0.05) is 0 Å². The van der Waals surface area contributed by atoms with Crippen LogP contribution in [-0.4, -0.2) is 24.6 Å². The molecule has 0 saturated heterocycles. The molecule has 0 rings (SSSR count). The van der Waals surface area contributed by atoms with Crippen LogP contribution in [0.2, 0.25) is 0 Å². The number of hydrogen-bond donors (Lipinski definition) is 2. The lowest BCUT2D eigenvalue weighted by molar-refractivity contribution is 0.685. The maximum Gasteiger partial charge on any atom is 0.0142 e. The molecule has 3 heteroatoms. The molecule has 50 valence electrons. The van der Waals surface area contributed by atoms with Gasteiger partial charge in [-0.2, -0.15) is 11.8 Å². The summed E-state index contributed by atoms with van der Waals surface area (Å²) in [6.07, 6.45) is 3.00. The third-order valence-corrected chi connectivity index (χ3v) is 1.68. The molecule has 0 aliphatic rings. The summed E-state index contributed by atoms with van der Waals surface area (Å²) in [6.45, 7) is 0.710. The Morgan fingerprint density at radius 1 is 1.62 bits per heavy atom. The van der Waals surface area contributed by atoms with Crippen LogP contribution < -0.4 is 11.5 Å². The molecule has 0 aromatic carbocycles. The fraction of sp³-hybridized carbons (Fsp3) is 1.00. The second-order valence-electron chi connectivity index (χ2n) is 1.79. The van der Waals surface area contributed by atoms with Crippen molar-refractivity contribution in [1.29, 1.82) is 0 Å². The van der Waals surface area contributed by atoms with Gasteiger partial charge in [0.05, 0.1) is 0 Å². The maximum atomic E-state index is 5.59. The van der Waals surface area contributed by atoms with Gasteiger partial charge in [0.25, 0.3) is 0 Å². The van der Waals surface area contributed by atoms with Crippen LogP contribution >= 0.6 is 11.8 Å². The minimum absolute atomic E-state index is 0.301. The average molecular weight is 134 g/mol. The summed E-state index contributed by atoms with van der Waals surface area (Å²) in [4.78, 5) is 0. The predicted molar refractivity (Wildman–Crippen MR) is 40.0 cm³/mol. The highest BCUT2D eigenvalue weighted by atomic mass is 32.2. The van der Waals surface area contributed by atoms with E-state index in [-0.39, 0.29) is 0 Å². The van der Waals surface area contributed by atoms with Gasteiger partial charge in [-0.3, -0.25) is 0 Å². The van der Waals surface area contributed by atoms with Crippen molar-refractivity contribution in [2.45, 2.75) is 12.5 Å². The van der Waals surface area contributed by atoms with Crippen molar-refractivity contribution in [1.82, 2.24) is 0 Å². The molecule has 2 nitrogen and oxygen atoms in total. The Hall–Kier alpha value is 0.270. The highest BCUT2D eigenvalue weighted by molar-refractivity contribution is 7.98. The zero-order valence-electron chi connectivity index (χ0n) is 5.26. The van der Waals surface area contributed by atoms with Crippen molar-refractivity contribution in [3.05, 3.63) is 0 Å². The van der Waals surface area contributed by atoms with Gasteiger partial charge in [0.15, 0.2) is 0 Å². The largest absolute Gasteiger partial charge is 0.330 e. The second-order valence-corrected chi connectivity index (χ2v) is 2.70. The van der Waals surface area contributed by atoms with E-state index in [9.17, 15) is 0 Å². The fourth-order valence-electron chi connectivity index (χ4n) is 0.511. The molecule has 0 spiro atoms. The van der Waals surface area contributed by atoms with E-state index < -0.39 is 0 Å². The van der Waals surface area contributed by atoms with E-state index in [2.05, 4.69) is 6.26 Å². The Labute approximate surface area is 55.0 Å². The monoisotopic (exact) mass is 134 g/mol. The Bertz CT molecular complexity index is 43.7. The Morgan fingerprint density at radius 2 is 2.25 bits per heavy atom. The minimum atomic E-state index is 0.301. The number of rotatable bonds is 4. The van der Waals surface area contributed by atoms with E-state index in [1.165, 1.54) is 0 Å². The lowest BCUT2D eigenvalue weighted by Crippen LogP contribution is -2.25. The summed E-state index contributed by atoms with van der Waals surface area (Å²) in [5.41, 5.74) is 10.9. The molecular formula is C5H14N2S. The molecule has 0 unspecified atom stereocenters. The van der Waals surface area contributed by atoms with Gasteiger partial charge in [-0.25, -0.2) is 0 Å². The van der Waals surface area contributed by atoms with Gasteiger partial charge < -0.3 is 11.5 Å². The Kier molecular flexibility index (Phi) is 5.59. The molecule has 0 bridgehead atoms. The summed E-state index contributed by atoms with van der Waals surface area (Å²) in [7, 11) is 0. The highest BCUT2D eigenvalue weighted by Gasteiger charge is 1.96. The van der Waals surface area contributed by atoms with Gasteiger partial charge in [-0.15, -0.1) is 0 Å². The van der Waals surface area contributed by atoms with E-state index in [4.69, 9.17) is 11.5 Å². The van der Waals surface area contributed by atoms with E-state index in [0.717, 1.165) is 12.2 Å². The van der Waals surface area contributed by atoms with E-state index in [1.54, 1.807) is 11.8 Å². The van der Waals surface area contributed by atoms with Crippen molar-refractivity contribution >= 4 is 11.8 Å². The third kappa shape index (κ3) is 4.43. The molecule has 8 heavy (non-hydrogen) atoms. The fourth-order valence-corrected chi connectivity index (χ4v) is 1.11. The number of nitrogens with two attached hydrogens (primary N) is 2. The smallest absolute Gasteiger partial charge is 0.0142 e. The molecule has 4 N–H and O–H groups in total. The molecule has 0 fully saturated rings. The lowest BCUT2D eigenvalue weighted by Gasteiger charge is -2.05. The summed E-state index contributed by atoms with van der Waals surface area (Å²) in [6, 6.07) is 0.301. The molecule has 0 aromatic rings. The Morgan fingerprint density at radius 3 is 2.62 bits per heavy atom. The van der Waals surface area contributed by atoms with Crippen molar-refractivity contribution < 1.29 is 0 Å². The molecule has 0 saturated carbocycles. The third-order valence-electron chi connectivity index (χ3n) is 0.918. The topological polar surface area (TPSA) is 52.0 Å². The lowest BCUT2D eigenvalue weighted by atomic mass is 10.2. The standard InChI is InChI=1S/C5H14N2S/c1-8-4-5(7)2-3-6/h5H,2-4,6-7H2,1H3/t5-/m0/s1. The second kappa shape index (κ2) is 5.41. The van der Waals surface area contributed by atoms with Crippen LogP contribution in [-0.2, 0) is 0 Å². The normalized spacial score (nSPS) is 13.9. The van der Waals surface area contributed by atoms with Gasteiger partial charge in [0, 0.05) is 11.8 Å². The van der Waals surface area contributed by atoms with Crippen LogP contribution in [0.3, 0.4) is 0 Å². The molecule has 0 heterocycles. The van der Waals surface area contributed by atoms with Gasteiger partial charge in [-0.05, 0) is 19.2 Å². The molecule has 0 amide bonds. The van der Waals surface area contributed by atoms with E-state index in [1.807, 2.05) is 0 Å². The van der Waals surface area contributed by atoms with Crippen molar-refractivity contribution in [3.8, 4) is 0 Å². The van der Waals surface area contributed by atoms with Crippen LogP contribution in [0.1, 0.15) is 6.42 Å². The first kappa shape index (κ1) is 8.27. The van der Waals surface area contributed by atoms with Crippen molar-refractivity contribution in [2.75, 3.05) is 18.6 Å². The first-order valence-corrected chi connectivity index (χ1v) is 4.15. The zero-order valence-corrected chi connectivity index (χ0v) is 6.08. The molecule has 0 radical (unpaired) electrons. The molecule has 0 aliphatic carbocycles. The molecular weight excluding hydrogens is 120 g/mol. The molecule has 1 atom stereocenters. The van der Waals surface area contributed by atoms with E-state index >= 15 is 0 Å². The SMILES string of the molecule is CSC[C@@H](N)CCN. The molecule has 0 aromatic heterocycles. The van der Waals surface area contributed by atoms with Gasteiger partial charge >= 0.3 is 0 Å². The maximum absolute atomic E-state index is 5.59. The van der Waals surface area contributed by atoms with E-state index in [0.29, 0.717) is 12.6 Å². The van der Waals surface area contributed by atoms with Gasteiger partial charge in [0.2, 0.25) is 0 Å². The zero-order chi connectivity index (χ0) is 6.41. The van der Waals surface area contributed by atoms with Crippen LogP contribution in [0.15, 0.2) is 0 Å². The predicted octanol–water partition coefficient (Wildman–Crippen LogP) is 0.0255.